The van der Waals surface area contributed by atoms with Gasteiger partial charge in [0.05, 0.1) is 6.61 Å². The van der Waals surface area contributed by atoms with E-state index in [0.717, 1.165) is 26.1 Å². The summed E-state index contributed by atoms with van der Waals surface area (Å²) in [5.41, 5.74) is 0. The summed E-state index contributed by atoms with van der Waals surface area (Å²) >= 11 is 0. The van der Waals surface area contributed by atoms with Crippen molar-refractivity contribution in [3.05, 3.63) is 0 Å². The van der Waals surface area contributed by atoms with Gasteiger partial charge in [-0.05, 0) is 19.8 Å². The average molecular weight is 204 g/mol. The summed E-state index contributed by atoms with van der Waals surface area (Å²) in [5.74, 6) is -0.259. The zero-order chi connectivity index (χ0) is 10.6. The van der Waals surface area contributed by atoms with Gasteiger partial charge in [0.15, 0.2) is 0 Å². The molecule has 0 aromatic rings. The maximum Gasteiger partial charge on any atom is 0.302 e. The van der Waals surface area contributed by atoms with Gasteiger partial charge in [-0.25, -0.2) is 0 Å². The van der Waals surface area contributed by atoms with Crippen LogP contribution >= 0.6 is 0 Å². The van der Waals surface area contributed by atoms with E-state index in [9.17, 15) is 4.79 Å². The van der Waals surface area contributed by atoms with Gasteiger partial charge in [-0.1, -0.05) is 0 Å². The van der Waals surface area contributed by atoms with Crippen LogP contribution in [-0.2, 0) is 19.0 Å². The van der Waals surface area contributed by atoms with Crippen molar-refractivity contribution in [1.29, 1.82) is 0 Å². The summed E-state index contributed by atoms with van der Waals surface area (Å²) in [7, 11) is 0. The molecule has 0 radical (unpaired) electrons. The smallest absolute Gasteiger partial charge is 0.302 e. The van der Waals surface area contributed by atoms with Crippen LogP contribution in [0.5, 0.6) is 0 Å². The first-order valence-corrected chi connectivity index (χ1v) is 5.06. The zero-order valence-corrected chi connectivity index (χ0v) is 9.08. The number of hydrogen-bond acceptors (Lipinski definition) is 4. The van der Waals surface area contributed by atoms with Gasteiger partial charge in [0.25, 0.3) is 0 Å². The third-order valence-corrected chi connectivity index (χ3v) is 1.56. The molecular weight excluding hydrogens is 184 g/mol. The molecule has 0 N–H and O–H groups in total. The van der Waals surface area contributed by atoms with E-state index in [4.69, 9.17) is 14.2 Å². The Morgan fingerprint density at radius 2 is 1.64 bits per heavy atom. The fourth-order valence-corrected chi connectivity index (χ4v) is 0.899. The molecular formula is C10H20O4. The Bertz CT molecular complexity index is 136. The number of carbonyl (C=O) groups is 1. The standard InChI is InChI=1S/C10H20O4/c1-3-12-6-4-5-7-13-8-9-14-10(2)11/h3-9H2,1-2H3. The van der Waals surface area contributed by atoms with Crippen LogP contribution in [0, 0.1) is 0 Å². The molecule has 0 saturated carbocycles. The molecule has 0 rings (SSSR count). The van der Waals surface area contributed by atoms with E-state index in [-0.39, 0.29) is 5.97 Å². The van der Waals surface area contributed by atoms with Crippen molar-refractivity contribution in [3.8, 4) is 0 Å². The van der Waals surface area contributed by atoms with Crippen LogP contribution in [0.2, 0.25) is 0 Å². The summed E-state index contributed by atoms with van der Waals surface area (Å²) in [4.78, 5) is 10.4. The van der Waals surface area contributed by atoms with E-state index in [1.165, 1.54) is 6.92 Å². The largest absolute Gasteiger partial charge is 0.463 e. The Balaban J connectivity index is 2.88. The molecule has 0 aromatic carbocycles. The van der Waals surface area contributed by atoms with E-state index in [2.05, 4.69) is 0 Å². The predicted octanol–water partition coefficient (Wildman–Crippen LogP) is 1.38. The van der Waals surface area contributed by atoms with E-state index >= 15 is 0 Å². The summed E-state index contributed by atoms with van der Waals surface area (Å²) in [6, 6.07) is 0. The molecule has 0 aliphatic rings. The third-order valence-electron chi connectivity index (χ3n) is 1.56. The molecule has 0 aliphatic heterocycles. The highest BCUT2D eigenvalue weighted by molar-refractivity contribution is 5.65. The topological polar surface area (TPSA) is 44.8 Å². The number of rotatable bonds is 9. The lowest BCUT2D eigenvalue weighted by atomic mass is 10.3. The molecule has 4 heteroatoms. The Morgan fingerprint density at radius 1 is 1.00 bits per heavy atom. The average Bonchev–Trinajstić information content (AvgIpc) is 2.15. The second-order valence-electron chi connectivity index (χ2n) is 2.86. The van der Waals surface area contributed by atoms with Gasteiger partial charge in [-0.3, -0.25) is 4.79 Å². The molecule has 84 valence electrons. The minimum Gasteiger partial charge on any atom is -0.463 e. The molecule has 0 bridgehead atoms. The van der Waals surface area contributed by atoms with Gasteiger partial charge in [-0.2, -0.15) is 0 Å². The number of carbonyl (C=O) groups excluding carboxylic acids is 1. The summed E-state index contributed by atoms with van der Waals surface area (Å²) < 4.78 is 15.1. The van der Waals surface area contributed by atoms with Gasteiger partial charge in [-0.15, -0.1) is 0 Å². The van der Waals surface area contributed by atoms with E-state index in [1.807, 2.05) is 6.92 Å². The molecule has 0 aliphatic carbocycles. The molecule has 0 saturated heterocycles. The molecule has 0 heterocycles. The fraction of sp³-hybridized carbons (Fsp3) is 0.900. The monoisotopic (exact) mass is 204 g/mol. The van der Waals surface area contributed by atoms with E-state index in [0.29, 0.717) is 19.8 Å². The van der Waals surface area contributed by atoms with Crippen LogP contribution in [0.4, 0.5) is 0 Å². The van der Waals surface area contributed by atoms with Crippen molar-refractivity contribution in [2.75, 3.05) is 33.0 Å². The van der Waals surface area contributed by atoms with E-state index in [1.54, 1.807) is 0 Å². The van der Waals surface area contributed by atoms with Crippen molar-refractivity contribution in [3.63, 3.8) is 0 Å². The first kappa shape index (κ1) is 13.4. The summed E-state index contributed by atoms with van der Waals surface area (Å²) in [5, 5.41) is 0. The lowest BCUT2D eigenvalue weighted by molar-refractivity contribution is -0.142. The number of hydrogen-bond donors (Lipinski definition) is 0. The van der Waals surface area contributed by atoms with Gasteiger partial charge in [0.2, 0.25) is 0 Å². The van der Waals surface area contributed by atoms with Crippen molar-refractivity contribution in [2.24, 2.45) is 0 Å². The second-order valence-corrected chi connectivity index (χ2v) is 2.86. The summed E-state index contributed by atoms with van der Waals surface area (Å²) in [6.07, 6.45) is 2.00. The van der Waals surface area contributed by atoms with Crippen LogP contribution in [0.3, 0.4) is 0 Å². The van der Waals surface area contributed by atoms with Gasteiger partial charge < -0.3 is 14.2 Å². The molecule has 0 aromatic heterocycles. The quantitative estimate of drug-likeness (QED) is 0.420. The van der Waals surface area contributed by atoms with Crippen LogP contribution in [0.25, 0.3) is 0 Å². The maximum atomic E-state index is 10.4. The first-order valence-electron chi connectivity index (χ1n) is 5.06. The number of unbranched alkanes of at least 4 members (excludes halogenated alkanes) is 1. The Hall–Kier alpha value is -0.610. The lowest BCUT2D eigenvalue weighted by Gasteiger charge is -2.04. The number of esters is 1. The Labute approximate surface area is 85.5 Å². The van der Waals surface area contributed by atoms with Crippen LogP contribution in [0.1, 0.15) is 26.7 Å². The van der Waals surface area contributed by atoms with Gasteiger partial charge in [0, 0.05) is 26.7 Å². The minimum atomic E-state index is -0.259. The van der Waals surface area contributed by atoms with Gasteiger partial charge in [0.1, 0.15) is 6.61 Å². The normalized spacial score (nSPS) is 10.1. The van der Waals surface area contributed by atoms with Crippen molar-refractivity contribution < 1.29 is 19.0 Å². The zero-order valence-electron chi connectivity index (χ0n) is 9.08. The van der Waals surface area contributed by atoms with Crippen LogP contribution in [-0.4, -0.2) is 39.0 Å². The molecule has 0 fully saturated rings. The highest BCUT2D eigenvalue weighted by atomic mass is 16.6. The van der Waals surface area contributed by atoms with Crippen molar-refractivity contribution in [1.82, 2.24) is 0 Å². The predicted molar refractivity (Wildman–Crippen MR) is 53.2 cm³/mol. The van der Waals surface area contributed by atoms with E-state index < -0.39 is 0 Å². The summed E-state index contributed by atoms with van der Waals surface area (Å²) in [6.45, 7) is 6.47. The van der Waals surface area contributed by atoms with Crippen molar-refractivity contribution in [2.45, 2.75) is 26.7 Å². The maximum absolute atomic E-state index is 10.4. The van der Waals surface area contributed by atoms with Crippen LogP contribution < -0.4 is 0 Å². The second kappa shape index (κ2) is 10.5. The number of ether oxygens (including phenoxy) is 3. The molecule has 0 atom stereocenters. The molecule has 0 unspecified atom stereocenters. The lowest BCUT2D eigenvalue weighted by Crippen LogP contribution is -2.08. The van der Waals surface area contributed by atoms with Crippen LogP contribution in [0.15, 0.2) is 0 Å². The van der Waals surface area contributed by atoms with Gasteiger partial charge >= 0.3 is 5.97 Å². The highest BCUT2D eigenvalue weighted by Gasteiger charge is 1.93. The van der Waals surface area contributed by atoms with Crippen molar-refractivity contribution >= 4 is 5.97 Å². The first-order chi connectivity index (χ1) is 6.77. The molecule has 0 amide bonds. The molecule has 0 spiro atoms. The molecule has 4 nitrogen and oxygen atoms in total. The fourth-order valence-electron chi connectivity index (χ4n) is 0.899. The molecule has 14 heavy (non-hydrogen) atoms. The minimum absolute atomic E-state index is 0.259. The Morgan fingerprint density at radius 3 is 2.21 bits per heavy atom. The Kier molecular flexibility index (Phi) is 10.0. The third kappa shape index (κ3) is 11.4. The SMILES string of the molecule is CCOCCCCOCCOC(C)=O. The highest BCUT2D eigenvalue weighted by Crippen LogP contribution is 1.91.